The Morgan fingerprint density at radius 3 is 2.76 bits per heavy atom. The molecule has 5 nitrogen and oxygen atoms in total. The lowest BCUT2D eigenvalue weighted by Crippen LogP contribution is -2.53. The van der Waals surface area contributed by atoms with Crippen LogP contribution in [0.15, 0.2) is 24.3 Å². The topological polar surface area (TPSA) is 82.3 Å². The summed E-state index contributed by atoms with van der Waals surface area (Å²) < 4.78 is 5.58. The zero-order valence-electron chi connectivity index (χ0n) is 12.1. The summed E-state index contributed by atoms with van der Waals surface area (Å²) in [5, 5.41) is 21.4. The third kappa shape index (κ3) is 3.53. The second-order valence-corrected chi connectivity index (χ2v) is 5.50. The fraction of sp³-hybridized carbons (Fsp3) is 0.500. The molecule has 0 aliphatic heterocycles. The highest BCUT2D eigenvalue weighted by Crippen LogP contribution is 2.29. The molecule has 1 aromatic carbocycles. The third-order valence-electron chi connectivity index (χ3n) is 3.93. The smallest absolute Gasteiger partial charge is 0.261 e. The van der Waals surface area contributed by atoms with Crippen molar-refractivity contribution in [2.24, 2.45) is 0 Å². The van der Waals surface area contributed by atoms with E-state index in [4.69, 9.17) is 10.00 Å². The second kappa shape index (κ2) is 6.59. The van der Waals surface area contributed by atoms with Crippen LogP contribution in [0.2, 0.25) is 0 Å². The molecule has 1 aliphatic carbocycles. The summed E-state index contributed by atoms with van der Waals surface area (Å²) in [5.74, 6) is 0.130. The standard InChI is InChI=1S/C16H20N2O3/c1-12(21-14-7-3-2-6-13(14)10-17)15(20)18-16(11-19)8-4-5-9-16/h2-3,6-7,12,19H,4-5,8-9,11H2,1H3,(H,18,20). The number of hydrogen-bond donors (Lipinski definition) is 2. The van der Waals surface area contributed by atoms with E-state index in [0.29, 0.717) is 11.3 Å². The first-order valence-corrected chi connectivity index (χ1v) is 7.19. The number of ether oxygens (including phenoxy) is 1. The molecular weight excluding hydrogens is 268 g/mol. The minimum Gasteiger partial charge on any atom is -0.480 e. The van der Waals surface area contributed by atoms with Crippen molar-refractivity contribution in [2.75, 3.05) is 6.61 Å². The number of para-hydroxylation sites is 1. The van der Waals surface area contributed by atoms with Crippen molar-refractivity contribution < 1.29 is 14.6 Å². The van der Waals surface area contributed by atoms with Gasteiger partial charge in [-0.15, -0.1) is 0 Å². The van der Waals surface area contributed by atoms with Crippen molar-refractivity contribution in [3.8, 4) is 11.8 Å². The van der Waals surface area contributed by atoms with Crippen LogP contribution in [-0.4, -0.2) is 29.3 Å². The lowest BCUT2D eigenvalue weighted by molar-refractivity contribution is -0.129. The average Bonchev–Trinajstić information content (AvgIpc) is 2.96. The van der Waals surface area contributed by atoms with Crippen molar-refractivity contribution >= 4 is 5.91 Å². The van der Waals surface area contributed by atoms with Crippen molar-refractivity contribution in [3.63, 3.8) is 0 Å². The molecule has 1 fully saturated rings. The van der Waals surface area contributed by atoms with Gasteiger partial charge in [-0.3, -0.25) is 4.79 Å². The minimum atomic E-state index is -0.719. The molecule has 2 rings (SSSR count). The van der Waals surface area contributed by atoms with Gasteiger partial charge >= 0.3 is 0 Å². The number of hydrogen-bond acceptors (Lipinski definition) is 4. The Morgan fingerprint density at radius 2 is 2.14 bits per heavy atom. The maximum Gasteiger partial charge on any atom is 0.261 e. The summed E-state index contributed by atoms with van der Waals surface area (Å²) in [5.41, 5.74) is -0.112. The van der Waals surface area contributed by atoms with Crippen LogP contribution >= 0.6 is 0 Å². The van der Waals surface area contributed by atoms with Crippen molar-refractivity contribution in [3.05, 3.63) is 29.8 Å². The number of nitrogens with one attached hydrogen (secondary N) is 1. The van der Waals surface area contributed by atoms with E-state index >= 15 is 0 Å². The summed E-state index contributed by atoms with van der Waals surface area (Å²) in [4.78, 5) is 12.2. The van der Waals surface area contributed by atoms with Gasteiger partial charge < -0.3 is 15.2 Å². The number of carbonyl (C=O) groups excluding carboxylic acids is 1. The van der Waals surface area contributed by atoms with Crippen LogP contribution in [0.5, 0.6) is 5.75 Å². The van der Waals surface area contributed by atoms with Gasteiger partial charge in [0.05, 0.1) is 17.7 Å². The van der Waals surface area contributed by atoms with E-state index in [-0.39, 0.29) is 12.5 Å². The molecule has 1 aliphatic rings. The molecule has 0 aromatic heterocycles. The average molecular weight is 288 g/mol. The van der Waals surface area contributed by atoms with Gasteiger partial charge in [-0.2, -0.15) is 5.26 Å². The van der Waals surface area contributed by atoms with Crippen molar-refractivity contribution in [1.82, 2.24) is 5.32 Å². The largest absolute Gasteiger partial charge is 0.480 e. The van der Waals surface area contributed by atoms with E-state index in [1.165, 1.54) is 0 Å². The third-order valence-corrected chi connectivity index (χ3v) is 3.93. The Hall–Kier alpha value is -2.06. The lowest BCUT2D eigenvalue weighted by atomic mass is 9.98. The summed E-state index contributed by atoms with van der Waals surface area (Å²) in [7, 11) is 0. The highest BCUT2D eigenvalue weighted by Gasteiger charge is 2.36. The second-order valence-electron chi connectivity index (χ2n) is 5.50. The number of nitrogens with zero attached hydrogens (tertiary/aromatic N) is 1. The van der Waals surface area contributed by atoms with E-state index in [1.807, 2.05) is 6.07 Å². The zero-order chi connectivity index (χ0) is 15.3. The molecule has 1 unspecified atom stereocenters. The zero-order valence-corrected chi connectivity index (χ0v) is 12.1. The maximum absolute atomic E-state index is 12.2. The Balaban J connectivity index is 2.01. The van der Waals surface area contributed by atoms with Crippen LogP contribution in [-0.2, 0) is 4.79 Å². The number of aliphatic hydroxyl groups excluding tert-OH is 1. The number of rotatable bonds is 5. The van der Waals surface area contributed by atoms with Gasteiger partial charge in [-0.25, -0.2) is 0 Å². The molecule has 1 saturated carbocycles. The molecular formula is C16H20N2O3. The van der Waals surface area contributed by atoms with Crippen molar-refractivity contribution in [2.45, 2.75) is 44.2 Å². The molecule has 1 aromatic rings. The molecule has 0 radical (unpaired) electrons. The Bertz CT molecular complexity index is 545. The van der Waals surface area contributed by atoms with E-state index in [2.05, 4.69) is 5.32 Å². The molecule has 0 saturated heterocycles. The molecule has 5 heteroatoms. The number of benzene rings is 1. The SMILES string of the molecule is CC(Oc1ccccc1C#N)C(=O)NC1(CO)CCCC1. The Morgan fingerprint density at radius 1 is 1.48 bits per heavy atom. The Kier molecular flexibility index (Phi) is 4.81. The number of amides is 1. The summed E-state index contributed by atoms with van der Waals surface area (Å²) >= 11 is 0. The Labute approximate surface area is 124 Å². The normalized spacial score (nSPS) is 17.8. The fourth-order valence-electron chi connectivity index (χ4n) is 2.64. The van der Waals surface area contributed by atoms with Crippen molar-refractivity contribution in [1.29, 1.82) is 5.26 Å². The van der Waals surface area contributed by atoms with Gasteiger partial charge in [0, 0.05) is 0 Å². The molecule has 0 spiro atoms. The molecule has 21 heavy (non-hydrogen) atoms. The number of nitriles is 1. The van der Waals surface area contributed by atoms with Crippen LogP contribution in [0.3, 0.4) is 0 Å². The fourth-order valence-corrected chi connectivity index (χ4v) is 2.64. The first-order valence-electron chi connectivity index (χ1n) is 7.19. The van der Waals surface area contributed by atoms with Crippen LogP contribution in [0.25, 0.3) is 0 Å². The molecule has 2 N–H and O–H groups in total. The molecule has 1 atom stereocenters. The van der Waals surface area contributed by atoms with Gasteiger partial charge in [0.15, 0.2) is 6.10 Å². The highest BCUT2D eigenvalue weighted by atomic mass is 16.5. The first-order chi connectivity index (χ1) is 10.1. The van der Waals surface area contributed by atoms with Gasteiger partial charge in [-0.05, 0) is 31.9 Å². The maximum atomic E-state index is 12.2. The summed E-state index contributed by atoms with van der Waals surface area (Å²) in [6.07, 6.45) is 2.87. The minimum absolute atomic E-state index is 0.0553. The van der Waals surface area contributed by atoms with Gasteiger partial charge in [0.2, 0.25) is 0 Å². The van der Waals surface area contributed by atoms with Crippen LogP contribution in [0, 0.1) is 11.3 Å². The van der Waals surface area contributed by atoms with E-state index in [0.717, 1.165) is 25.7 Å². The summed E-state index contributed by atoms with van der Waals surface area (Å²) in [6.45, 7) is 1.59. The highest BCUT2D eigenvalue weighted by molar-refractivity contribution is 5.81. The predicted octanol–water partition coefficient (Wildman–Crippen LogP) is 1.75. The van der Waals surface area contributed by atoms with E-state index < -0.39 is 11.6 Å². The van der Waals surface area contributed by atoms with Crippen LogP contribution in [0.1, 0.15) is 38.2 Å². The quantitative estimate of drug-likeness (QED) is 0.864. The summed E-state index contributed by atoms with van der Waals surface area (Å²) in [6, 6.07) is 8.85. The van der Waals surface area contributed by atoms with Gasteiger partial charge in [-0.1, -0.05) is 25.0 Å². The van der Waals surface area contributed by atoms with Gasteiger partial charge in [0.1, 0.15) is 11.8 Å². The molecule has 0 heterocycles. The van der Waals surface area contributed by atoms with E-state index in [9.17, 15) is 9.90 Å². The van der Waals surface area contributed by atoms with Crippen LogP contribution in [0.4, 0.5) is 0 Å². The van der Waals surface area contributed by atoms with Gasteiger partial charge in [0.25, 0.3) is 5.91 Å². The monoisotopic (exact) mass is 288 g/mol. The first kappa shape index (κ1) is 15.3. The lowest BCUT2D eigenvalue weighted by Gasteiger charge is -2.29. The molecule has 0 bridgehead atoms. The van der Waals surface area contributed by atoms with Crippen LogP contribution < -0.4 is 10.1 Å². The molecule has 112 valence electrons. The number of aliphatic hydroxyl groups is 1. The van der Waals surface area contributed by atoms with E-state index in [1.54, 1.807) is 31.2 Å². The number of carbonyl (C=O) groups is 1. The predicted molar refractivity (Wildman–Crippen MR) is 77.7 cm³/mol. The molecule has 1 amide bonds.